The van der Waals surface area contributed by atoms with Crippen molar-refractivity contribution in [3.05, 3.63) is 52.5 Å². The number of nitrogens with one attached hydrogen (secondary N) is 1. The van der Waals surface area contributed by atoms with Crippen LogP contribution >= 0.6 is 15.9 Å². The van der Waals surface area contributed by atoms with Gasteiger partial charge in [-0.1, -0.05) is 12.1 Å². The SMILES string of the molecule is COc1ccc(OC(C)=O)c(/C=N\NC(=O)[C@H](C)Oc2ccccc2Br)c1. The second-order valence-corrected chi connectivity index (χ2v) is 6.28. The van der Waals surface area contributed by atoms with Crippen LogP contribution in [-0.2, 0) is 9.59 Å². The van der Waals surface area contributed by atoms with Crippen LogP contribution in [0.15, 0.2) is 52.0 Å². The van der Waals surface area contributed by atoms with Crippen molar-refractivity contribution in [2.75, 3.05) is 7.11 Å². The lowest BCUT2D eigenvalue weighted by molar-refractivity contribution is -0.132. The van der Waals surface area contributed by atoms with Crippen LogP contribution < -0.4 is 19.6 Å². The maximum atomic E-state index is 12.2. The summed E-state index contributed by atoms with van der Waals surface area (Å²) in [6.07, 6.45) is 0.600. The Morgan fingerprint density at radius 3 is 2.59 bits per heavy atom. The monoisotopic (exact) mass is 434 g/mol. The Bertz CT molecular complexity index is 854. The maximum absolute atomic E-state index is 12.2. The van der Waals surface area contributed by atoms with E-state index in [1.54, 1.807) is 31.2 Å². The first-order chi connectivity index (χ1) is 12.9. The van der Waals surface area contributed by atoms with Gasteiger partial charge in [-0.2, -0.15) is 5.10 Å². The first-order valence-corrected chi connectivity index (χ1v) is 8.80. The van der Waals surface area contributed by atoms with Crippen molar-refractivity contribution in [2.24, 2.45) is 5.10 Å². The summed E-state index contributed by atoms with van der Waals surface area (Å²) in [5.74, 6) is 0.519. The number of rotatable bonds is 7. The van der Waals surface area contributed by atoms with Crippen LogP contribution in [0.25, 0.3) is 0 Å². The molecule has 0 aliphatic heterocycles. The molecule has 0 aliphatic carbocycles. The summed E-state index contributed by atoms with van der Waals surface area (Å²) in [5, 5.41) is 3.91. The van der Waals surface area contributed by atoms with Crippen LogP contribution in [0.5, 0.6) is 17.2 Å². The van der Waals surface area contributed by atoms with Crippen LogP contribution in [0.4, 0.5) is 0 Å². The smallest absolute Gasteiger partial charge is 0.308 e. The molecule has 0 saturated heterocycles. The number of hydrazone groups is 1. The van der Waals surface area contributed by atoms with Crippen LogP contribution in [0.3, 0.4) is 0 Å². The van der Waals surface area contributed by atoms with Gasteiger partial charge < -0.3 is 14.2 Å². The highest BCUT2D eigenvalue weighted by Gasteiger charge is 2.15. The molecule has 7 nitrogen and oxygen atoms in total. The number of ether oxygens (including phenoxy) is 3. The molecule has 8 heteroatoms. The average Bonchev–Trinajstić information content (AvgIpc) is 2.64. The molecule has 1 N–H and O–H groups in total. The lowest BCUT2D eigenvalue weighted by Crippen LogP contribution is -2.33. The van der Waals surface area contributed by atoms with Crippen LogP contribution in [-0.4, -0.2) is 31.3 Å². The second kappa shape index (κ2) is 9.72. The van der Waals surface area contributed by atoms with Gasteiger partial charge in [0, 0.05) is 12.5 Å². The normalized spacial score (nSPS) is 11.7. The lowest BCUT2D eigenvalue weighted by Gasteiger charge is -2.14. The van der Waals surface area contributed by atoms with Gasteiger partial charge in [-0.05, 0) is 53.2 Å². The highest BCUT2D eigenvalue weighted by molar-refractivity contribution is 9.10. The highest BCUT2D eigenvalue weighted by atomic mass is 79.9. The molecule has 2 rings (SSSR count). The molecule has 0 unspecified atom stereocenters. The van der Waals surface area contributed by atoms with E-state index < -0.39 is 18.0 Å². The molecule has 2 aromatic rings. The summed E-state index contributed by atoms with van der Waals surface area (Å²) < 4.78 is 16.6. The molecule has 0 aliphatic rings. The van der Waals surface area contributed by atoms with Gasteiger partial charge in [-0.3, -0.25) is 9.59 Å². The van der Waals surface area contributed by atoms with Crippen molar-refractivity contribution < 1.29 is 23.8 Å². The number of hydrogen-bond acceptors (Lipinski definition) is 6. The number of methoxy groups -OCH3 is 1. The first kappa shape index (κ1) is 20.4. The molecule has 142 valence electrons. The van der Waals surface area contributed by atoms with E-state index in [0.29, 0.717) is 22.8 Å². The Balaban J connectivity index is 2.04. The molecule has 0 spiro atoms. The van der Waals surface area contributed by atoms with Gasteiger partial charge in [-0.25, -0.2) is 5.43 Å². The van der Waals surface area contributed by atoms with Gasteiger partial charge in [-0.15, -0.1) is 0 Å². The second-order valence-electron chi connectivity index (χ2n) is 5.42. The molecule has 2 aromatic carbocycles. The largest absolute Gasteiger partial charge is 0.497 e. The molecular weight excluding hydrogens is 416 g/mol. The van der Waals surface area contributed by atoms with Crippen molar-refractivity contribution in [3.63, 3.8) is 0 Å². The van der Waals surface area contributed by atoms with E-state index in [4.69, 9.17) is 14.2 Å². The van der Waals surface area contributed by atoms with Gasteiger partial charge in [0.05, 0.1) is 17.8 Å². The number of carbonyl (C=O) groups is 2. The molecule has 0 radical (unpaired) electrons. The average molecular weight is 435 g/mol. The summed E-state index contributed by atoms with van der Waals surface area (Å²) in [6, 6.07) is 12.1. The standard InChI is InChI=1S/C19H19BrN2O5/c1-12(26-18-7-5-4-6-16(18)20)19(24)22-21-11-14-10-15(25-3)8-9-17(14)27-13(2)23/h4-12H,1-3H3,(H,22,24)/b21-11-/t12-/m0/s1. The number of esters is 1. The summed E-state index contributed by atoms with van der Waals surface area (Å²) in [4.78, 5) is 23.4. The Hall–Kier alpha value is -2.87. The molecule has 27 heavy (non-hydrogen) atoms. The predicted octanol–water partition coefficient (Wildman–Crippen LogP) is 3.30. The number of hydrogen-bond donors (Lipinski definition) is 1. The zero-order valence-corrected chi connectivity index (χ0v) is 16.6. The zero-order valence-electron chi connectivity index (χ0n) is 15.1. The van der Waals surface area contributed by atoms with E-state index in [9.17, 15) is 9.59 Å². The Labute approximate surface area is 165 Å². The molecule has 0 bridgehead atoms. The predicted molar refractivity (Wildman–Crippen MR) is 104 cm³/mol. The van der Waals surface area contributed by atoms with Crippen LogP contribution in [0, 0.1) is 0 Å². The van der Waals surface area contributed by atoms with Crippen molar-refractivity contribution in [1.82, 2.24) is 5.43 Å². The van der Waals surface area contributed by atoms with E-state index >= 15 is 0 Å². The number of halogens is 1. The number of benzene rings is 2. The van der Waals surface area contributed by atoms with Gasteiger partial charge >= 0.3 is 5.97 Å². The number of amides is 1. The fourth-order valence-corrected chi connectivity index (χ4v) is 2.42. The minimum absolute atomic E-state index is 0.304. The molecule has 0 saturated carbocycles. The van der Waals surface area contributed by atoms with E-state index in [0.717, 1.165) is 4.47 Å². The molecule has 1 atom stereocenters. The van der Waals surface area contributed by atoms with Gasteiger partial charge in [0.15, 0.2) is 6.10 Å². The minimum Gasteiger partial charge on any atom is -0.497 e. The molecular formula is C19H19BrN2O5. The Kier molecular flexibility index (Phi) is 7.36. The third kappa shape index (κ3) is 6.10. The van der Waals surface area contributed by atoms with Gasteiger partial charge in [0.2, 0.25) is 0 Å². The number of nitrogens with zero attached hydrogens (tertiary/aromatic N) is 1. The summed E-state index contributed by atoms with van der Waals surface area (Å²) in [6.45, 7) is 2.91. The van der Waals surface area contributed by atoms with E-state index in [1.807, 2.05) is 18.2 Å². The number of para-hydroxylation sites is 1. The van der Waals surface area contributed by atoms with Crippen molar-refractivity contribution in [3.8, 4) is 17.2 Å². The van der Waals surface area contributed by atoms with E-state index in [-0.39, 0.29) is 0 Å². The minimum atomic E-state index is -0.765. The van der Waals surface area contributed by atoms with Crippen molar-refractivity contribution >= 4 is 34.0 Å². The van der Waals surface area contributed by atoms with E-state index in [1.165, 1.54) is 20.2 Å². The van der Waals surface area contributed by atoms with Gasteiger partial charge in [0.25, 0.3) is 5.91 Å². The molecule has 0 aromatic heterocycles. The quantitative estimate of drug-likeness (QED) is 0.312. The van der Waals surface area contributed by atoms with Crippen molar-refractivity contribution in [1.29, 1.82) is 0 Å². The molecule has 0 fully saturated rings. The fraction of sp³-hybridized carbons (Fsp3) is 0.211. The van der Waals surface area contributed by atoms with Crippen LogP contribution in [0.1, 0.15) is 19.4 Å². The summed E-state index contributed by atoms with van der Waals surface area (Å²) in [7, 11) is 1.52. The molecule has 1 amide bonds. The summed E-state index contributed by atoms with van der Waals surface area (Å²) >= 11 is 3.36. The lowest BCUT2D eigenvalue weighted by atomic mass is 10.2. The van der Waals surface area contributed by atoms with Gasteiger partial charge in [0.1, 0.15) is 17.2 Å². The Morgan fingerprint density at radius 2 is 1.93 bits per heavy atom. The maximum Gasteiger partial charge on any atom is 0.308 e. The topological polar surface area (TPSA) is 86.2 Å². The fourth-order valence-electron chi connectivity index (χ4n) is 2.04. The third-order valence-corrected chi connectivity index (χ3v) is 4.01. The summed E-state index contributed by atoms with van der Waals surface area (Å²) in [5.41, 5.74) is 2.87. The first-order valence-electron chi connectivity index (χ1n) is 8.01. The number of carbonyl (C=O) groups excluding carboxylic acids is 2. The van der Waals surface area contributed by atoms with Crippen molar-refractivity contribution in [2.45, 2.75) is 20.0 Å². The third-order valence-electron chi connectivity index (χ3n) is 3.36. The van der Waals surface area contributed by atoms with E-state index in [2.05, 4.69) is 26.5 Å². The zero-order chi connectivity index (χ0) is 19.8. The van der Waals surface area contributed by atoms with Crippen LogP contribution in [0.2, 0.25) is 0 Å². The highest BCUT2D eigenvalue weighted by Crippen LogP contribution is 2.25. The molecule has 0 heterocycles. The Morgan fingerprint density at radius 1 is 1.19 bits per heavy atom.